The largest absolute Gasteiger partial charge is 0.324 e. The number of hydrogen-bond acceptors (Lipinski definition) is 3. The minimum absolute atomic E-state index is 0.271. The van der Waals surface area contributed by atoms with Crippen molar-refractivity contribution in [1.29, 1.82) is 0 Å². The number of rotatable bonds is 3. The molecule has 0 saturated heterocycles. The molecule has 1 heterocycles. The molecule has 0 aliphatic heterocycles. The molecule has 6 heteroatoms. The molecule has 84 valence electrons. The number of hydrogen-bond donors (Lipinski definition) is 1. The van der Waals surface area contributed by atoms with Crippen LogP contribution in [0.5, 0.6) is 0 Å². The lowest BCUT2D eigenvalue weighted by atomic mass is 10.2. The monoisotopic (exact) mass is 284 g/mol. The van der Waals surface area contributed by atoms with Gasteiger partial charge in [0.15, 0.2) is 0 Å². The minimum Gasteiger partial charge on any atom is -0.324 e. The molecule has 16 heavy (non-hydrogen) atoms. The topological polar surface area (TPSA) is 56.7 Å². The molecule has 2 N–H and O–H groups in total. The normalized spacial score (nSPS) is 10.7. The predicted molar refractivity (Wildman–Crippen MR) is 61.1 cm³/mol. The molecule has 1 aromatic carbocycles. The van der Waals surface area contributed by atoms with Gasteiger partial charge in [-0.2, -0.15) is 5.10 Å². The summed E-state index contributed by atoms with van der Waals surface area (Å²) >= 11 is 3.21. The summed E-state index contributed by atoms with van der Waals surface area (Å²) in [5.74, 6) is 0.371. The average molecular weight is 285 g/mol. The van der Waals surface area contributed by atoms with E-state index in [-0.39, 0.29) is 12.4 Å². The van der Waals surface area contributed by atoms with Gasteiger partial charge in [-0.05, 0) is 12.1 Å². The van der Waals surface area contributed by atoms with Gasteiger partial charge < -0.3 is 5.73 Å². The van der Waals surface area contributed by atoms with Crippen molar-refractivity contribution in [3.8, 4) is 0 Å². The van der Waals surface area contributed by atoms with Gasteiger partial charge in [-0.3, -0.25) is 0 Å². The molecule has 0 spiro atoms. The summed E-state index contributed by atoms with van der Waals surface area (Å²) in [5.41, 5.74) is 6.05. The number of benzene rings is 1. The second-order valence-corrected chi connectivity index (χ2v) is 4.19. The zero-order valence-electron chi connectivity index (χ0n) is 8.40. The summed E-state index contributed by atoms with van der Waals surface area (Å²) in [4.78, 5) is 3.97. The van der Waals surface area contributed by atoms with E-state index >= 15 is 0 Å². The quantitative estimate of drug-likeness (QED) is 0.933. The second-order valence-electron chi connectivity index (χ2n) is 3.27. The zero-order valence-corrected chi connectivity index (χ0v) is 9.98. The first-order valence-electron chi connectivity index (χ1n) is 4.71. The zero-order chi connectivity index (χ0) is 11.5. The molecule has 0 saturated carbocycles. The molecular formula is C10H10BrFN4. The number of nitrogens with two attached hydrogens (primary N) is 1. The summed E-state index contributed by atoms with van der Waals surface area (Å²) in [7, 11) is 0. The van der Waals surface area contributed by atoms with Gasteiger partial charge in [0.25, 0.3) is 0 Å². The van der Waals surface area contributed by atoms with Gasteiger partial charge in [0.2, 0.25) is 0 Å². The van der Waals surface area contributed by atoms with Crippen LogP contribution in [0.2, 0.25) is 0 Å². The van der Waals surface area contributed by atoms with E-state index < -0.39 is 0 Å². The Morgan fingerprint density at radius 1 is 1.44 bits per heavy atom. The molecule has 0 aliphatic carbocycles. The molecule has 0 unspecified atom stereocenters. The van der Waals surface area contributed by atoms with E-state index in [4.69, 9.17) is 5.73 Å². The van der Waals surface area contributed by atoms with Crippen molar-refractivity contribution in [2.75, 3.05) is 0 Å². The molecule has 0 aliphatic rings. The fraction of sp³-hybridized carbons (Fsp3) is 0.200. The Kier molecular flexibility index (Phi) is 3.31. The van der Waals surface area contributed by atoms with Crippen LogP contribution >= 0.6 is 15.9 Å². The Hall–Kier alpha value is -1.27. The Morgan fingerprint density at radius 3 is 2.94 bits per heavy atom. The van der Waals surface area contributed by atoms with Crippen molar-refractivity contribution in [1.82, 2.24) is 14.8 Å². The van der Waals surface area contributed by atoms with E-state index in [1.807, 2.05) is 0 Å². The molecule has 2 rings (SSSR count). The first kappa shape index (κ1) is 11.2. The third-order valence-electron chi connectivity index (χ3n) is 2.21. The van der Waals surface area contributed by atoms with E-state index in [0.717, 1.165) is 0 Å². The van der Waals surface area contributed by atoms with Crippen LogP contribution < -0.4 is 5.73 Å². The van der Waals surface area contributed by atoms with Crippen LogP contribution in [0.1, 0.15) is 11.4 Å². The van der Waals surface area contributed by atoms with Gasteiger partial charge >= 0.3 is 0 Å². The molecule has 0 atom stereocenters. The van der Waals surface area contributed by atoms with Crippen molar-refractivity contribution in [3.63, 3.8) is 0 Å². The fourth-order valence-corrected chi connectivity index (χ4v) is 1.72. The molecule has 1 aromatic heterocycles. The summed E-state index contributed by atoms with van der Waals surface area (Å²) in [6, 6.07) is 4.92. The second kappa shape index (κ2) is 4.71. The highest BCUT2D eigenvalue weighted by molar-refractivity contribution is 9.10. The minimum atomic E-state index is -0.271. The van der Waals surface area contributed by atoms with Crippen molar-refractivity contribution in [2.45, 2.75) is 13.1 Å². The van der Waals surface area contributed by atoms with Crippen molar-refractivity contribution in [3.05, 3.63) is 46.2 Å². The van der Waals surface area contributed by atoms with Crippen molar-refractivity contribution in [2.24, 2.45) is 5.73 Å². The Balaban J connectivity index is 2.27. The fourth-order valence-electron chi connectivity index (χ4n) is 1.39. The number of aromatic nitrogens is 3. The Morgan fingerprint density at radius 2 is 2.25 bits per heavy atom. The van der Waals surface area contributed by atoms with Gasteiger partial charge in [0.1, 0.15) is 18.0 Å². The van der Waals surface area contributed by atoms with Gasteiger partial charge in [0, 0.05) is 10.0 Å². The van der Waals surface area contributed by atoms with Crippen LogP contribution in [0.15, 0.2) is 29.0 Å². The third kappa shape index (κ3) is 2.28. The lowest BCUT2D eigenvalue weighted by Gasteiger charge is -2.06. The van der Waals surface area contributed by atoms with E-state index in [0.29, 0.717) is 22.4 Å². The summed E-state index contributed by atoms with van der Waals surface area (Å²) in [5, 5.41) is 3.99. The van der Waals surface area contributed by atoms with Crippen LogP contribution in [0.4, 0.5) is 4.39 Å². The van der Waals surface area contributed by atoms with Gasteiger partial charge in [-0.1, -0.05) is 22.0 Å². The molecule has 0 amide bonds. The van der Waals surface area contributed by atoms with Crippen molar-refractivity contribution < 1.29 is 4.39 Å². The summed E-state index contributed by atoms with van der Waals surface area (Å²) in [6.45, 7) is 0.629. The van der Waals surface area contributed by atoms with Gasteiger partial charge in [0.05, 0.1) is 13.1 Å². The number of nitrogens with zero attached hydrogens (tertiary/aromatic N) is 3. The maximum atomic E-state index is 13.6. The number of halogens is 2. The van der Waals surface area contributed by atoms with Crippen LogP contribution in [0, 0.1) is 5.82 Å². The van der Waals surface area contributed by atoms with Gasteiger partial charge in [-0.25, -0.2) is 14.1 Å². The smallest absolute Gasteiger partial charge is 0.140 e. The Labute approximate surface area is 100 Å². The molecule has 0 bridgehead atoms. The predicted octanol–water partition coefficient (Wildman–Crippen LogP) is 1.69. The van der Waals surface area contributed by atoms with Gasteiger partial charge in [-0.15, -0.1) is 0 Å². The molecule has 2 aromatic rings. The summed E-state index contributed by atoms with van der Waals surface area (Å²) < 4.78 is 15.9. The third-order valence-corrected chi connectivity index (χ3v) is 2.71. The SMILES string of the molecule is NCc1ncnn1Cc1ccc(Br)cc1F. The Bertz CT molecular complexity index is 497. The van der Waals surface area contributed by atoms with Crippen LogP contribution in [0.25, 0.3) is 0 Å². The molecule has 4 nitrogen and oxygen atoms in total. The highest BCUT2D eigenvalue weighted by Crippen LogP contribution is 2.16. The van der Waals surface area contributed by atoms with E-state index in [1.54, 1.807) is 16.8 Å². The van der Waals surface area contributed by atoms with E-state index in [2.05, 4.69) is 26.0 Å². The van der Waals surface area contributed by atoms with E-state index in [9.17, 15) is 4.39 Å². The highest BCUT2D eigenvalue weighted by atomic mass is 79.9. The average Bonchev–Trinajstić information content (AvgIpc) is 2.69. The molecule has 0 radical (unpaired) electrons. The standard InChI is InChI=1S/C10H10BrFN4/c11-8-2-1-7(9(12)3-8)5-16-10(4-13)14-6-15-16/h1-3,6H,4-5,13H2. The first-order valence-corrected chi connectivity index (χ1v) is 5.50. The maximum Gasteiger partial charge on any atom is 0.140 e. The molecular weight excluding hydrogens is 275 g/mol. The van der Waals surface area contributed by atoms with Crippen molar-refractivity contribution >= 4 is 15.9 Å². The summed E-state index contributed by atoms with van der Waals surface area (Å²) in [6.07, 6.45) is 1.42. The maximum absolute atomic E-state index is 13.6. The van der Waals surface area contributed by atoms with E-state index in [1.165, 1.54) is 12.4 Å². The van der Waals surface area contributed by atoms with Crippen LogP contribution in [-0.4, -0.2) is 14.8 Å². The lowest BCUT2D eigenvalue weighted by molar-refractivity contribution is 0.572. The first-order chi connectivity index (χ1) is 7.70. The highest BCUT2D eigenvalue weighted by Gasteiger charge is 2.07. The van der Waals surface area contributed by atoms with Crippen LogP contribution in [-0.2, 0) is 13.1 Å². The lowest BCUT2D eigenvalue weighted by Crippen LogP contribution is -2.11. The molecule has 0 fully saturated rings. The van der Waals surface area contributed by atoms with Crippen LogP contribution in [0.3, 0.4) is 0 Å².